The third-order valence-electron chi connectivity index (χ3n) is 4.52. The van der Waals surface area contributed by atoms with Gasteiger partial charge in [0.05, 0.1) is 12.7 Å². The molecule has 6 nitrogen and oxygen atoms in total. The maximum atomic E-state index is 5.39. The van der Waals surface area contributed by atoms with Gasteiger partial charge >= 0.3 is 0 Å². The van der Waals surface area contributed by atoms with Gasteiger partial charge in [-0.1, -0.05) is 19.8 Å². The number of nitrogens with zero attached hydrogens (tertiary/aromatic N) is 3. The van der Waals surface area contributed by atoms with E-state index < -0.39 is 0 Å². The number of rotatable bonds is 6. The lowest BCUT2D eigenvalue weighted by Crippen LogP contribution is -2.31. The molecule has 0 amide bonds. The van der Waals surface area contributed by atoms with Crippen molar-refractivity contribution in [1.29, 1.82) is 0 Å². The Morgan fingerprint density at radius 1 is 1.38 bits per heavy atom. The van der Waals surface area contributed by atoms with Crippen LogP contribution in [-0.4, -0.2) is 40.8 Å². The quantitative estimate of drug-likeness (QED) is 0.711. The van der Waals surface area contributed by atoms with Gasteiger partial charge in [-0.3, -0.25) is 0 Å². The fourth-order valence-corrected chi connectivity index (χ4v) is 3.08. The lowest BCUT2D eigenvalue weighted by Gasteiger charge is -2.23. The Hall–Kier alpha value is -2.26. The van der Waals surface area contributed by atoms with Crippen LogP contribution in [0.3, 0.4) is 0 Å². The smallest absolute Gasteiger partial charge is 0.163 e. The molecule has 2 aromatic rings. The second kappa shape index (κ2) is 7.54. The highest BCUT2D eigenvalue weighted by molar-refractivity contribution is 5.61. The molecule has 0 aliphatic carbocycles. The monoisotopic (exact) mass is 326 g/mol. The van der Waals surface area contributed by atoms with Crippen molar-refractivity contribution in [2.24, 2.45) is 5.92 Å². The van der Waals surface area contributed by atoms with Crippen molar-refractivity contribution in [3.8, 4) is 12.3 Å². The van der Waals surface area contributed by atoms with Gasteiger partial charge in [0, 0.05) is 18.2 Å². The zero-order valence-corrected chi connectivity index (χ0v) is 14.5. The molecule has 0 atom stereocenters. The zero-order chi connectivity index (χ0) is 16.9. The van der Waals surface area contributed by atoms with Crippen LogP contribution in [0.25, 0.3) is 5.65 Å². The van der Waals surface area contributed by atoms with Crippen molar-refractivity contribution < 1.29 is 0 Å². The van der Waals surface area contributed by atoms with Crippen LogP contribution >= 0.6 is 0 Å². The molecule has 0 aromatic carbocycles. The molecule has 6 heteroatoms. The highest BCUT2D eigenvalue weighted by Crippen LogP contribution is 2.24. The Labute approximate surface area is 143 Å². The number of fused-ring (bicyclic) bond motifs is 1. The minimum absolute atomic E-state index is 0.371. The van der Waals surface area contributed by atoms with Crippen LogP contribution in [0.1, 0.15) is 38.2 Å². The van der Waals surface area contributed by atoms with E-state index in [-0.39, 0.29) is 0 Å². The van der Waals surface area contributed by atoms with Gasteiger partial charge < -0.3 is 16.0 Å². The number of hydrogen-bond donors (Lipinski definition) is 3. The predicted octanol–water partition coefficient (Wildman–Crippen LogP) is 2.31. The summed E-state index contributed by atoms with van der Waals surface area (Å²) >= 11 is 0. The molecule has 3 heterocycles. The van der Waals surface area contributed by atoms with Crippen LogP contribution in [0.15, 0.2) is 12.3 Å². The van der Waals surface area contributed by atoms with E-state index in [2.05, 4.69) is 40.8 Å². The summed E-state index contributed by atoms with van der Waals surface area (Å²) in [4.78, 5) is 4.79. The maximum absolute atomic E-state index is 5.39. The van der Waals surface area contributed by atoms with E-state index in [9.17, 15) is 0 Å². The first-order chi connectivity index (χ1) is 11.7. The van der Waals surface area contributed by atoms with Gasteiger partial charge in [-0.25, -0.2) is 4.98 Å². The first kappa shape index (κ1) is 16.6. The van der Waals surface area contributed by atoms with Crippen molar-refractivity contribution in [1.82, 2.24) is 19.9 Å². The van der Waals surface area contributed by atoms with Gasteiger partial charge in [-0.05, 0) is 37.8 Å². The van der Waals surface area contributed by atoms with E-state index in [0.717, 1.165) is 42.5 Å². The molecule has 0 bridgehead atoms. The molecule has 1 fully saturated rings. The first-order valence-corrected chi connectivity index (χ1v) is 8.69. The van der Waals surface area contributed by atoms with E-state index in [1.165, 1.54) is 12.8 Å². The molecular formula is C18H26N6. The highest BCUT2D eigenvalue weighted by Gasteiger charge is 2.16. The molecule has 2 aromatic heterocycles. The van der Waals surface area contributed by atoms with Crippen molar-refractivity contribution in [2.75, 3.05) is 36.8 Å². The Kier molecular flexibility index (Phi) is 5.21. The molecule has 0 radical (unpaired) electrons. The SMILES string of the molecule is C#CCNc1cc(NCC2CCNCC2)nc2c(C(C)C)cnn12. The minimum Gasteiger partial charge on any atom is -0.370 e. The van der Waals surface area contributed by atoms with Gasteiger partial charge in [-0.2, -0.15) is 9.61 Å². The van der Waals surface area contributed by atoms with E-state index in [1.807, 2.05) is 16.8 Å². The lowest BCUT2D eigenvalue weighted by molar-refractivity contribution is 0.389. The summed E-state index contributed by atoms with van der Waals surface area (Å²) < 4.78 is 1.84. The molecule has 1 aliphatic rings. The van der Waals surface area contributed by atoms with Crippen LogP contribution in [0.2, 0.25) is 0 Å². The predicted molar refractivity (Wildman–Crippen MR) is 98.5 cm³/mol. The maximum Gasteiger partial charge on any atom is 0.163 e. The van der Waals surface area contributed by atoms with Crippen molar-refractivity contribution >= 4 is 17.3 Å². The van der Waals surface area contributed by atoms with E-state index in [4.69, 9.17) is 11.4 Å². The van der Waals surface area contributed by atoms with Gasteiger partial charge in [0.25, 0.3) is 0 Å². The van der Waals surface area contributed by atoms with Crippen LogP contribution in [0, 0.1) is 18.3 Å². The summed E-state index contributed by atoms with van der Waals surface area (Å²) in [5, 5.41) is 14.6. The summed E-state index contributed by atoms with van der Waals surface area (Å²) in [5.41, 5.74) is 2.03. The molecule has 1 aliphatic heterocycles. The molecule has 0 saturated carbocycles. The number of terminal acetylenes is 1. The summed E-state index contributed by atoms with van der Waals surface area (Å²) in [6.45, 7) is 7.93. The third-order valence-corrected chi connectivity index (χ3v) is 4.52. The minimum atomic E-state index is 0.371. The normalized spacial score (nSPS) is 15.6. The Morgan fingerprint density at radius 2 is 2.17 bits per heavy atom. The largest absolute Gasteiger partial charge is 0.370 e. The highest BCUT2D eigenvalue weighted by atomic mass is 15.3. The molecule has 3 rings (SSSR count). The van der Waals surface area contributed by atoms with Gasteiger partial charge in [-0.15, -0.1) is 6.42 Å². The van der Waals surface area contributed by atoms with E-state index in [1.54, 1.807) is 0 Å². The number of nitrogens with one attached hydrogen (secondary N) is 3. The van der Waals surface area contributed by atoms with Crippen LogP contribution in [-0.2, 0) is 0 Å². The molecule has 128 valence electrons. The molecule has 0 spiro atoms. The van der Waals surface area contributed by atoms with Crippen LogP contribution < -0.4 is 16.0 Å². The summed E-state index contributed by atoms with van der Waals surface area (Å²) in [7, 11) is 0. The van der Waals surface area contributed by atoms with Gasteiger partial charge in [0.15, 0.2) is 5.65 Å². The molecule has 3 N–H and O–H groups in total. The van der Waals surface area contributed by atoms with Crippen molar-refractivity contribution in [3.05, 3.63) is 17.8 Å². The lowest BCUT2D eigenvalue weighted by atomic mass is 9.98. The van der Waals surface area contributed by atoms with E-state index in [0.29, 0.717) is 18.4 Å². The summed E-state index contributed by atoms with van der Waals surface area (Å²) in [6, 6.07) is 1.99. The summed E-state index contributed by atoms with van der Waals surface area (Å²) in [5.74, 6) is 5.43. The Bertz CT molecular complexity index is 721. The second-order valence-electron chi connectivity index (χ2n) is 6.65. The molecule has 0 unspecified atom stereocenters. The van der Waals surface area contributed by atoms with Crippen molar-refractivity contribution in [3.63, 3.8) is 0 Å². The Morgan fingerprint density at radius 3 is 2.88 bits per heavy atom. The molecule has 1 saturated heterocycles. The topological polar surface area (TPSA) is 66.3 Å². The molecule has 24 heavy (non-hydrogen) atoms. The number of hydrogen-bond acceptors (Lipinski definition) is 5. The molecular weight excluding hydrogens is 300 g/mol. The van der Waals surface area contributed by atoms with Crippen molar-refractivity contribution in [2.45, 2.75) is 32.6 Å². The summed E-state index contributed by atoms with van der Waals surface area (Å²) in [6.07, 6.45) is 9.70. The second-order valence-corrected chi connectivity index (χ2v) is 6.65. The van der Waals surface area contributed by atoms with Crippen LogP contribution in [0.5, 0.6) is 0 Å². The fraction of sp³-hybridized carbons (Fsp3) is 0.556. The fourth-order valence-electron chi connectivity index (χ4n) is 3.08. The van der Waals surface area contributed by atoms with Gasteiger partial charge in [0.2, 0.25) is 0 Å². The Balaban J connectivity index is 1.85. The third kappa shape index (κ3) is 3.62. The number of piperidine rings is 1. The standard InChI is InChI=1S/C18H26N6/c1-4-7-20-17-10-16(21-11-14-5-8-19-9-6-14)23-18-15(13(2)3)12-22-24(17)18/h1,10,12-14,19-20H,5-9,11H2,2-3H3,(H,21,23). The first-order valence-electron chi connectivity index (χ1n) is 8.69. The number of anilines is 2. The zero-order valence-electron chi connectivity index (χ0n) is 14.5. The van der Waals surface area contributed by atoms with Gasteiger partial charge in [0.1, 0.15) is 11.6 Å². The van der Waals surface area contributed by atoms with E-state index >= 15 is 0 Å². The van der Waals surface area contributed by atoms with Crippen LogP contribution in [0.4, 0.5) is 11.6 Å². The average molecular weight is 326 g/mol. The number of aromatic nitrogens is 3. The average Bonchev–Trinajstić information content (AvgIpc) is 3.03.